The van der Waals surface area contributed by atoms with Crippen molar-refractivity contribution >= 4 is 6.29 Å². The van der Waals surface area contributed by atoms with Crippen LogP contribution in [-0.4, -0.2) is 6.29 Å². The molecule has 0 fully saturated rings. The first kappa shape index (κ1) is 4.16. The maximum absolute atomic E-state index is 9.06. The summed E-state index contributed by atoms with van der Waals surface area (Å²) in [6.07, 6.45) is 1.30. The van der Waals surface area contributed by atoms with E-state index in [1.165, 1.54) is 6.29 Å². The number of nitriles is 1. The van der Waals surface area contributed by atoms with E-state index in [4.69, 9.17) is 10.1 Å². The second kappa shape index (κ2) is 3.16. The van der Waals surface area contributed by atoms with E-state index in [2.05, 4.69) is 0 Å². The molecule has 26 valence electrons. The van der Waals surface area contributed by atoms with Crippen molar-refractivity contribution in [3.05, 3.63) is 0 Å². The number of carbonyl (C=O) groups excluding carboxylic acids is 1. The topological polar surface area (TPSA) is 40.9 Å². The molecule has 0 aromatic rings. The molecule has 0 aromatic carbocycles. The molecule has 0 aromatic heterocycles. The smallest absolute Gasteiger partial charge is 0.0330 e. The maximum Gasteiger partial charge on any atom is 0.0330 e. The Morgan fingerprint density at radius 3 is 2.60 bits per heavy atom. The van der Waals surface area contributed by atoms with Gasteiger partial charge in [-0.2, -0.15) is 0 Å². The third-order valence-corrected chi connectivity index (χ3v) is 0.151. The van der Waals surface area contributed by atoms with Crippen LogP contribution in [0.4, 0.5) is 0 Å². The maximum atomic E-state index is 9.06. The highest BCUT2D eigenvalue weighted by molar-refractivity contribution is 5.53. The van der Waals surface area contributed by atoms with Crippen molar-refractivity contribution in [3.63, 3.8) is 0 Å². The molecular formula is C3H2NO-. The third kappa shape index (κ3) is 3.16. The fraction of sp³-hybridized carbons (Fsp3) is 0.333. The number of rotatable bonds is 1. The van der Waals surface area contributed by atoms with Crippen LogP contribution in [0.25, 0.3) is 0 Å². The highest BCUT2D eigenvalue weighted by Crippen LogP contribution is 1.55. The molecule has 0 saturated carbocycles. The molecule has 0 bridgehead atoms. The van der Waals surface area contributed by atoms with Crippen LogP contribution in [0.5, 0.6) is 0 Å². The minimum atomic E-state index is -0.111. The minimum absolute atomic E-state index is 0.111. The lowest BCUT2D eigenvalue weighted by Gasteiger charge is -1.70. The van der Waals surface area contributed by atoms with Gasteiger partial charge in [-0.3, -0.25) is 6.29 Å². The summed E-state index contributed by atoms with van der Waals surface area (Å²) in [4.78, 5) is 9.06. The normalized spacial score (nSPS) is 5.40. The van der Waals surface area contributed by atoms with Gasteiger partial charge in [-0.05, 0) is 0 Å². The first-order valence-electron chi connectivity index (χ1n) is 1.13. The summed E-state index contributed by atoms with van der Waals surface area (Å²) in [7, 11) is 0. The van der Waals surface area contributed by atoms with Gasteiger partial charge in [-0.15, -0.1) is 0 Å². The average molecular weight is 68.1 g/mol. The van der Waals surface area contributed by atoms with Gasteiger partial charge in [0.1, 0.15) is 0 Å². The Morgan fingerprint density at radius 2 is 2.60 bits per heavy atom. The van der Waals surface area contributed by atoms with Gasteiger partial charge in [-0.25, -0.2) is 5.26 Å². The van der Waals surface area contributed by atoms with Crippen molar-refractivity contribution in [2.24, 2.45) is 0 Å². The highest BCUT2D eigenvalue weighted by atomic mass is 16.1. The van der Waals surface area contributed by atoms with Gasteiger partial charge in [0.15, 0.2) is 0 Å². The molecule has 5 heavy (non-hydrogen) atoms. The van der Waals surface area contributed by atoms with E-state index >= 15 is 0 Å². The molecule has 0 rings (SSSR count). The lowest BCUT2D eigenvalue weighted by molar-refractivity contribution is 0.556. The number of hydrogen-bond acceptors (Lipinski definition) is 2. The lowest BCUT2D eigenvalue weighted by Crippen LogP contribution is -1.60. The second-order valence-corrected chi connectivity index (χ2v) is 0.479. The predicted molar refractivity (Wildman–Crippen MR) is 15.9 cm³/mol. The standard InChI is InChI=1S/C3H2NO/c4-2-1-3-5/h1H2/q-1. The highest BCUT2D eigenvalue weighted by Gasteiger charge is 1.45. The van der Waals surface area contributed by atoms with E-state index in [1.807, 2.05) is 0 Å². The van der Waals surface area contributed by atoms with Crippen LogP contribution < -0.4 is 0 Å². The zero-order valence-corrected chi connectivity index (χ0v) is 2.56. The van der Waals surface area contributed by atoms with Crippen LogP contribution in [0, 0.1) is 11.3 Å². The molecule has 0 heterocycles. The van der Waals surface area contributed by atoms with Gasteiger partial charge in [0.05, 0.1) is 0 Å². The van der Waals surface area contributed by atoms with Gasteiger partial charge >= 0.3 is 0 Å². The largest absolute Gasteiger partial charge is 0.541 e. The molecule has 2 nitrogen and oxygen atoms in total. The molecule has 0 aliphatic heterocycles. The Balaban J connectivity index is 2.75. The quantitative estimate of drug-likeness (QED) is 0.406. The Labute approximate surface area is 30.0 Å². The Bertz CT molecular complexity index is 61.8. The average Bonchev–Trinajstić information content (AvgIpc) is 1.41. The van der Waals surface area contributed by atoms with Crippen LogP contribution in [0.1, 0.15) is 6.42 Å². The van der Waals surface area contributed by atoms with Crippen LogP contribution in [-0.2, 0) is 4.79 Å². The summed E-state index contributed by atoms with van der Waals surface area (Å²) in [5, 5.41) is 7.55. The van der Waals surface area contributed by atoms with E-state index in [1.54, 1.807) is 6.07 Å². The van der Waals surface area contributed by atoms with Gasteiger partial charge < -0.3 is 4.79 Å². The Morgan fingerprint density at radius 1 is 2.00 bits per heavy atom. The lowest BCUT2D eigenvalue weighted by atomic mass is 10.5. The summed E-state index contributed by atoms with van der Waals surface area (Å²) in [6, 6.07) is 1.59. The SMILES string of the molecule is N#CC[C-]=O. The van der Waals surface area contributed by atoms with E-state index in [9.17, 15) is 0 Å². The van der Waals surface area contributed by atoms with Gasteiger partial charge in [0.25, 0.3) is 0 Å². The summed E-state index contributed by atoms with van der Waals surface area (Å²) < 4.78 is 0. The molecule has 0 unspecified atom stereocenters. The molecular weight excluding hydrogens is 66.0 g/mol. The molecule has 0 spiro atoms. The summed E-state index contributed by atoms with van der Waals surface area (Å²) in [5.41, 5.74) is 0. The number of hydrogen-bond donors (Lipinski definition) is 0. The molecule has 2 heteroatoms. The molecule has 0 N–H and O–H groups in total. The molecule has 0 aliphatic carbocycles. The molecule has 0 aliphatic rings. The third-order valence-electron chi connectivity index (χ3n) is 0.151. The van der Waals surface area contributed by atoms with Crippen LogP contribution >= 0.6 is 0 Å². The Hall–Kier alpha value is -0.840. The summed E-state index contributed by atoms with van der Waals surface area (Å²) in [6.45, 7) is 0. The van der Waals surface area contributed by atoms with E-state index in [0.29, 0.717) is 0 Å². The Kier molecular flexibility index (Phi) is 2.63. The fourth-order valence-corrected chi connectivity index (χ4v) is 0.0323. The van der Waals surface area contributed by atoms with E-state index in [-0.39, 0.29) is 6.42 Å². The molecule has 0 amide bonds. The monoisotopic (exact) mass is 68.0 g/mol. The first-order chi connectivity index (χ1) is 2.41. The van der Waals surface area contributed by atoms with Crippen molar-refractivity contribution in [3.8, 4) is 6.07 Å². The summed E-state index contributed by atoms with van der Waals surface area (Å²) >= 11 is 0. The van der Waals surface area contributed by atoms with Crippen molar-refractivity contribution in [1.82, 2.24) is 0 Å². The van der Waals surface area contributed by atoms with E-state index < -0.39 is 0 Å². The molecule has 0 radical (unpaired) electrons. The predicted octanol–water partition coefficient (Wildman–Crippen LogP) is 0.00978. The van der Waals surface area contributed by atoms with Gasteiger partial charge in [-0.1, -0.05) is 6.42 Å². The second-order valence-electron chi connectivity index (χ2n) is 0.479. The zero-order chi connectivity index (χ0) is 4.12. The van der Waals surface area contributed by atoms with E-state index in [0.717, 1.165) is 0 Å². The summed E-state index contributed by atoms with van der Waals surface area (Å²) in [5.74, 6) is 0. The van der Waals surface area contributed by atoms with Crippen LogP contribution in [0.3, 0.4) is 0 Å². The zero-order valence-electron chi connectivity index (χ0n) is 2.56. The molecule has 0 saturated heterocycles. The minimum Gasteiger partial charge on any atom is -0.541 e. The van der Waals surface area contributed by atoms with Crippen molar-refractivity contribution in [1.29, 1.82) is 5.26 Å². The van der Waals surface area contributed by atoms with Crippen molar-refractivity contribution in [2.75, 3.05) is 0 Å². The van der Waals surface area contributed by atoms with Crippen LogP contribution in [0.15, 0.2) is 0 Å². The van der Waals surface area contributed by atoms with Crippen molar-refractivity contribution < 1.29 is 4.79 Å². The van der Waals surface area contributed by atoms with Gasteiger partial charge in [0.2, 0.25) is 0 Å². The van der Waals surface area contributed by atoms with Crippen molar-refractivity contribution in [2.45, 2.75) is 6.42 Å². The molecule has 0 atom stereocenters. The fourth-order valence-electron chi connectivity index (χ4n) is 0.0323. The van der Waals surface area contributed by atoms with Gasteiger partial charge in [0, 0.05) is 6.07 Å². The van der Waals surface area contributed by atoms with Crippen LogP contribution in [0.2, 0.25) is 0 Å². The number of nitrogens with zero attached hydrogens (tertiary/aromatic N) is 1. The first-order valence-corrected chi connectivity index (χ1v) is 1.13.